The largest absolute Gasteiger partial charge is 0.383 e. The average molecular weight is 284 g/mol. The van der Waals surface area contributed by atoms with Crippen molar-refractivity contribution in [2.45, 2.75) is 25.9 Å². The van der Waals surface area contributed by atoms with E-state index in [9.17, 15) is 9.59 Å². The predicted octanol–water partition coefficient (Wildman–Crippen LogP) is -1.06. The molecule has 0 saturated carbocycles. The number of carbonyl (C=O) groups excluding carboxylic acids is 2. The predicted molar refractivity (Wildman–Crippen MR) is 70.7 cm³/mol. The van der Waals surface area contributed by atoms with Crippen LogP contribution in [0.2, 0.25) is 0 Å². The zero-order chi connectivity index (χ0) is 15.2. The highest BCUT2D eigenvalue weighted by molar-refractivity contribution is 5.94. The first-order valence-electron chi connectivity index (χ1n) is 6.09. The van der Waals surface area contributed by atoms with Crippen LogP contribution in [0.25, 0.3) is 0 Å². The van der Waals surface area contributed by atoms with Gasteiger partial charge in [0.1, 0.15) is 12.2 Å². The summed E-state index contributed by atoms with van der Waals surface area (Å²) < 4.78 is 6.09. The van der Waals surface area contributed by atoms with Gasteiger partial charge in [-0.25, -0.2) is 9.48 Å². The average Bonchev–Trinajstić information content (AvgIpc) is 2.77. The molecule has 0 aliphatic rings. The smallest absolute Gasteiger partial charge is 0.321 e. The number of nitrogens with one attached hydrogen (secondary N) is 2. The zero-order valence-electron chi connectivity index (χ0n) is 11.8. The van der Waals surface area contributed by atoms with Crippen LogP contribution in [-0.4, -0.2) is 47.2 Å². The van der Waals surface area contributed by atoms with Crippen LogP contribution < -0.4 is 16.4 Å². The van der Waals surface area contributed by atoms with Crippen molar-refractivity contribution in [3.63, 3.8) is 0 Å². The van der Waals surface area contributed by atoms with Crippen LogP contribution in [0.15, 0.2) is 6.20 Å². The van der Waals surface area contributed by atoms with Crippen LogP contribution in [0.3, 0.4) is 0 Å². The summed E-state index contributed by atoms with van der Waals surface area (Å²) in [5.41, 5.74) is 5.79. The Hall–Kier alpha value is -2.00. The zero-order valence-corrected chi connectivity index (χ0v) is 11.8. The number of urea groups is 1. The molecule has 1 heterocycles. The van der Waals surface area contributed by atoms with Crippen LogP contribution in [0, 0.1) is 0 Å². The van der Waals surface area contributed by atoms with E-state index in [0.29, 0.717) is 18.8 Å². The summed E-state index contributed by atoms with van der Waals surface area (Å²) in [6, 6.07) is -0.577. The topological polar surface area (TPSA) is 124 Å². The first kappa shape index (κ1) is 16.1. The van der Waals surface area contributed by atoms with Crippen molar-refractivity contribution < 1.29 is 14.3 Å². The van der Waals surface area contributed by atoms with Gasteiger partial charge in [0.2, 0.25) is 5.91 Å². The van der Waals surface area contributed by atoms with Gasteiger partial charge in [0.15, 0.2) is 0 Å². The first-order chi connectivity index (χ1) is 9.32. The third-order valence-electron chi connectivity index (χ3n) is 2.35. The highest BCUT2D eigenvalue weighted by Crippen LogP contribution is 2.12. The number of methoxy groups -OCH3 is 1. The monoisotopic (exact) mass is 284 g/mol. The Kier molecular flexibility index (Phi) is 5.59. The van der Waals surface area contributed by atoms with E-state index < -0.39 is 17.5 Å². The molecule has 3 amide bonds. The Balaban J connectivity index is 2.42. The molecule has 20 heavy (non-hydrogen) atoms. The van der Waals surface area contributed by atoms with E-state index >= 15 is 0 Å². The molecule has 0 spiro atoms. The summed E-state index contributed by atoms with van der Waals surface area (Å²) >= 11 is 0. The molecule has 0 aliphatic heterocycles. The minimum Gasteiger partial charge on any atom is -0.383 e. The number of nitrogens with zero attached hydrogens (tertiary/aromatic N) is 3. The third kappa shape index (κ3) is 5.33. The van der Waals surface area contributed by atoms with Crippen molar-refractivity contribution in [1.82, 2.24) is 25.6 Å². The molecule has 0 bridgehead atoms. The molecule has 9 heteroatoms. The lowest BCUT2D eigenvalue weighted by Gasteiger charge is -2.13. The molecule has 0 fully saturated rings. The standard InChI is InChI=1S/C11H20N6O3/c1-11(2,12)8-6-17(16-15-8)7-9(18)14-10(19)13-4-5-20-3/h6H,4-5,7,12H2,1-3H3,(H2,13,14,18,19). The highest BCUT2D eigenvalue weighted by Gasteiger charge is 2.19. The molecular formula is C11H20N6O3. The lowest BCUT2D eigenvalue weighted by atomic mass is 10.0. The summed E-state index contributed by atoms with van der Waals surface area (Å²) in [5.74, 6) is -0.494. The van der Waals surface area contributed by atoms with E-state index in [2.05, 4.69) is 20.9 Å². The second-order valence-electron chi connectivity index (χ2n) is 4.82. The number of aromatic nitrogens is 3. The van der Waals surface area contributed by atoms with E-state index in [1.54, 1.807) is 20.0 Å². The Bertz CT molecular complexity index is 465. The summed E-state index contributed by atoms with van der Waals surface area (Å²) in [4.78, 5) is 22.9. The van der Waals surface area contributed by atoms with Gasteiger partial charge in [-0.1, -0.05) is 5.21 Å². The number of imide groups is 1. The van der Waals surface area contributed by atoms with E-state index in [4.69, 9.17) is 10.5 Å². The van der Waals surface area contributed by atoms with Gasteiger partial charge in [0.05, 0.1) is 18.3 Å². The fraction of sp³-hybridized carbons (Fsp3) is 0.636. The van der Waals surface area contributed by atoms with E-state index in [1.165, 1.54) is 11.8 Å². The highest BCUT2D eigenvalue weighted by atomic mass is 16.5. The van der Waals surface area contributed by atoms with Crippen LogP contribution in [0.1, 0.15) is 19.5 Å². The van der Waals surface area contributed by atoms with Crippen LogP contribution >= 0.6 is 0 Å². The number of hydrogen-bond acceptors (Lipinski definition) is 6. The number of rotatable bonds is 6. The molecule has 9 nitrogen and oxygen atoms in total. The Morgan fingerprint density at radius 3 is 2.75 bits per heavy atom. The van der Waals surface area contributed by atoms with Gasteiger partial charge in [0.25, 0.3) is 0 Å². The van der Waals surface area contributed by atoms with Crippen LogP contribution in [-0.2, 0) is 21.6 Å². The molecule has 0 aliphatic carbocycles. The number of hydrogen-bond donors (Lipinski definition) is 3. The Morgan fingerprint density at radius 2 is 2.20 bits per heavy atom. The quantitative estimate of drug-likeness (QED) is 0.572. The summed E-state index contributed by atoms with van der Waals surface area (Å²) in [7, 11) is 1.52. The third-order valence-corrected chi connectivity index (χ3v) is 2.35. The molecule has 0 radical (unpaired) electrons. The lowest BCUT2D eigenvalue weighted by Crippen LogP contribution is -2.42. The molecule has 1 aromatic heterocycles. The molecular weight excluding hydrogens is 264 g/mol. The summed E-state index contributed by atoms with van der Waals surface area (Å²) in [6.45, 7) is 4.15. The number of ether oxygens (including phenoxy) is 1. The molecule has 1 rings (SSSR count). The molecule has 0 unspecified atom stereocenters. The molecule has 0 atom stereocenters. The summed E-state index contributed by atoms with van der Waals surface area (Å²) in [5, 5.41) is 12.3. The van der Waals surface area contributed by atoms with E-state index in [-0.39, 0.29) is 6.54 Å². The van der Waals surface area contributed by atoms with E-state index in [1.807, 2.05) is 0 Å². The van der Waals surface area contributed by atoms with Crippen molar-refractivity contribution >= 4 is 11.9 Å². The Morgan fingerprint density at radius 1 is 1.50 bits per heavy atom. The Labute approximate surface area is 116 Å². The minimum atomic E-state index is -0.633. The first-order valence-corrected chi connectivity index (χ1v) is 6.09. The number of amides is 3. The van der Waals surface area contributed by atoms with Gasteiger partial charge >= 0.3 is 6.03 Å². The van der Waals surface area contributed by atoms with E-state index in [0.717, 1.165) is 0 Å². The van der Waals surface area contributed by atoms with Crippen molar-refractivity contribution in [3.05, 3.63) is 11.9 Å². The van der Waals surface area contributed by atoms with Crippen molar-refractivity contribution in [2.24, 2.45) is 5.73 Å². The maximum Gasteiger partial charge on any atom is 0.321 e. The molecule has 0 aromatic carbocycles. The van der Waals surface area contributed by atoms with Crippen LogP contribution in [0.4, 0.5) is 4.79 Å². The minimum absolute atomic E-state index is 0.110. The molecule has 4 N–H and O–H groups in total. The summed E-state index contributed by atoms with van der Waals surface area (Å²) in [6.07, 6.45) is 1.57. The second-order valence-corrected chi connectivity index (χ2v) is 4.82. The van der Waals surface area contributed by atoms with Gasteiger partial charge < -0.3 is 15.8 Å². The van der Waals surface area contributed by atoms with Gasteiger partial charge in [-0.15, -0.1) is 5.10 Å². The van der Waals surface area contributed by atoms with Gasteiger partial charge in [-0.05, 0) is 13.8 Å². The van der Waals surface area contributed by atoms with Gasteiger partial charge in [0, 0.05) is 13.7 Å². The fourth-order valence-corrected chi connectivity index (χ4v) is 1.30. The molecule has 0 saturated heterocycles. The normalized spacial score (nSPS) is 11.2. The number of nitrogens with two attached hydrogens (primary N) is 1. The maximum atomic E-state index is 11.6. The number of carbonyl (C=O) groups is 2. The van der Waals surface area contributed by atoms with Crippen molar-refractivity contribution in [3.8, 4) is 0 Å². The van der Waals surface area contributed by atoms with Gasteiger partial charge in [-0.2, -0.15) is 0 Å². The fourth-order valence-electron chi connectivity index (χ4n) is 1.30. The lowest BCUT2D eigenvalue weighted by molar-refractivity contribution is -0.120. The molecule has 112 valence electrons. The SMILES string of the molecule is COCCNC(=O)NC(=O)Cn1cc(C(C)(C)N)nn1. The van der Waals surface area contributed by atoms with Crippen molar-refractivity contribution in [1.29, 1.82) is 0 Å². The van der Waals surface area contributed by atoms with Crippen LogP contribution in [0.5, 0.6) is 0 Å². The maximum absolute atomic E-state index is 11.6. The molecule has 1 aromatic rings. The van der Waals surface area contributed by atoms with Crippen molar-refractivity contribution in [2.75, 3.05) is 20.3 Å². The second kappa shape index (κ2) is 6.96. The van der Waals surface area contributed by atoms with Gasteiger partial charge in [-0.3, -0.25) is 10.1 Å².